The molecule has 0 unspecified atom stereocenters. The highest BCUT2D eigenvalue weighted by Gasteiger charge is 2.31. The normalized spacial score (nSPS) is 16.3. The van der Waals surface area contributed by atoms with Crippen LogP contribution in [0.3, 0.4) is 0 Å². The molecule has 1 aliphatic heterocycles. The fourth-order valence-corrected chi connectivity index (χ4v) is 4.19. The number of phenolic OH excluding ortho intramolecular Hbond substituents is 1. The van der Waals surface area contributed by atoms with Crippen molar-refractivity contribution in [3.8, 4) is 11.5 Å². The number of methoxy groups -OCH3 is 1. The summed E-state index contributed by atoms with van der Waals surface area (Å²) in [4.78, 5) is 24.1. The van der Waals surface area contributed by atoms with E-state index < -0.39 is 5.97 Å². The molecule has 0 radical (unpaired) electrons. The summed E-state index contributed by atoms with van der Waals surface area (Å²) in [6.07, 6.45) is 0. The van der Waals surface area contributed by atoms with Gasteiger partial charge in [-0.15, -0.1) is 11.8 Å². The zero-order chi connectivity index (χ0) is 19.6. The first-order valence-electron chi connectivity index (χ1n) is 8.45. The lowest BCUT2D eigenvalue weighted by Crippen LogP contribution is -2.20. The van der Waals surface area contributed by atoms with E-state index in [2.05, 4.69) is 10.4 Å². The molecule has 9 heteroatoms. The highest BCUT2D eigenvalue weighted by Crippen LogP contribution is 2.44. The molecule has 0 fully saturated rings. The van der Waals surface area contributed by atoms with Crippen molar-refractivity contribution in [3.05, 3.63) is 35.0 Å². The van der Waals surface area contributed by atoms with Gasteiger partial charge in [0.1, 0.15) is 12.4 Å². The van der Waals surface area contributed by atoms with Gasteiger partial charge < -0.3 is 19.9 Å². The maximum atomic E-state index is 12.2. The van der Waals surface area contributed by atoms with Crippen molar-refractivity contribution in [2.24, 2.45) is 0 Å². The number of ether oxygens (including phenoxy) is 2. The molecule has 8 nitrogen and oxygen atoms in total. The Kier molecular flexibility index (Phi) is 5.59. The van der Waals surface area contributed by atoms with Crippen LogP contribution in [-0.2, 0) is 20.9 Å². The number of carbonyl (C=O) groups excluding carboxylic acids is 2. The second kappa shape index (κ2) is 7.91. The molecule has 2 heterocycles. The second-order valence-corrected chi connectivity index (χ2v) is 7.07. The Morgan fingerprint density at radius 2 is 2.26 bits per heavy atom. The van der Waals surface area contributed by atoms with E-state index in [0.29, 0.717) is 17.3 Å². The van der Waals surface area contributed by atoms with E-state index in [1.807, 2.05) is 6.92 Å². The molecule has 0 aliphatic carbocycles. The average molecular weight is 391 g/mol. The van der Waals surface area contributed by atoms with E-state index in [0.717, 1.165) is 11.1 Å². The molecule has 0 saturated carbocycles. The summed E-state index contributed by atoms with van der Waals surface area (Å²) in [5.41, 5.74) is 2.40. The SMILES string of the molecule is CCOC(=O)Cn1nc(C)c2c1NC(=O)CS[C@H]2c1ccc(O)c(OC)c1. The van der Waals surface area contributed by atoms with Crippen LogP contribution < -0.4 is 10.1 Å². The van der Waals surface area contributed by atoms with E-state index in [1.165, 1.54) is 23.6 Å². The fourth-order valence-electron chi connectivity index (χ4n) is 3.02. The van der Waals surface area contributed by atoms with Crippen molar-refractivity contribution in [3.63, 3.8) is 0 Å². The quantitative estimate of drug-likeness (QED) is 0.754. The Labute approximate surface area is 160 Å². The Hall–Kier alpha value is -2.68. The molecular weight excluding hydrogens is 370 g/mol. The monoisotopic (exact) mass is 391 g/mol. The van der Waals surface area contributed by atoms with E-state index in [1.54, 1.807) is 25.1 Å². The van der Waals surface area contributed by atoms with Crippen molar-refractivity contribution >= 4 is 29.5 Å². The number of thioether (sulfide) groups is 1. The van der Waals surface area contributed by atoms with Crippen molar-refractivity contribution < 1.29 is 24.2 Å². The molecule has 2 N–H and O–H groups in total. The Morgan fingerprint density at radius 1 is 1.48 bits per heavy atom. The Bertz CT molecular complexity index is 880. The molecule has 0 bridgehead atoms. The van der Waals surface area contributed by atoms with Gasteiger partial charge in [0.25, 0.3) is 0 Å². The minimum atomic E-state index is -0.420. The molecule has 3 rings (SSSR count). The van der Waals surface area contributed by atoms with Crippen LogP contribution in [0, 0.1) is 6.92 Å². The second-order valence-electron chi connectivity index (χ2n) is 5.98. The predicted molar refractivity (Wildman–Crippen MR) is 101 cm³/mol. The number of carbonyl (C=O) groups is 2. The zero-order valence-electron chi connectivity index (χ0n) is 15.3. The lowest BCUT2D eigenvalue weighted by atomic mass is 10.0. The number of rotatable bonds is 5. The molecular formula is C18H21N3O5S. The molecule has 1 aliphatic rings. The third-order valence-corrected chi connectivity index (χ3v) is 5.44. The van der Waals surface area contributed by atoms with Crippen LogP contribution in [0.15, 0.2) is 18.2 Å². The molecule has 2 aromatic rings. The van der Waals surface area contributed by atoms with Crippen LogP contribution in [0.1, 0.15) is 29.0 Å². The van der Waals surface area contributed by atoms with Gasteiger partial charge in [-0.3, -0.25) is 9.59 Å². The van der Waals surface area contributed by atoms with Crippen molar-refractivity contribution in [2.45, 2.75) is 25.6 Å². The molecule has 0 saturated heterocycles. The third kappa shape index (κ3) is 3.87. The summed E-state index contributed by atoms with van der Waals surface area (Å²) in [5, 5.41) is 16.9. The lowest BCUT2D eigenvalue weighted by Gasteiger charge is -2.16. The predicted octanol–water partition coefficient (Wildman–Crippen LogP) is 2.24. The smallest absolute Gasteiger partial charge is 0.327 e. The highest BCUT2D eigenvalue weighted by molar-refractivity contribution is 8.00. The third-order valence-electron chi connectivity index (χ3n) is 4.17. The largest absolute Gasteiger partial charge is 0.504 e. The molecule has 1 aromatic heterocycles. The van der Waals surface area contributed by atoms with Crippen LogP contribution in [0.4, 0.5) is 5.82 Å². The maximum absolute atomic E-state index is 12.2. The molecule has 0 spiro atoms. The van der Waals surface area contributed by atoms with Crippen molar-refractivity contribution in [2.75, 3.05) is 24.8 Å². The number of hydrogen-bond acceptors (Lipinski definition) is 7. The fraction of sp³-hybridized carbons (Fsp3) is 0.389. The Balaban J connectivity index is 2.06. The molecule has 1 atom stereocenters. The summed E-state index contributed by atoms with van der Waals surface area (Å²) in [6.45, 7) is 3.77. The molecule has 1 aromatic carbocycles. The van der Waals surface area contributed by atoms with E-state index in [9.17, 15) is 14.7 Å². The van der Waals surface area contributed by atoms with Gasteiger partial charge >= 0.3 is 5.97 Å². The Morgan fingerprint density at radius 3 is 2.96 bits per heavy atom. The van der Waals surface area contributed by atoms with Gasteiger partial charge in [-0.1, -0.05) is 6.07 Å². The zero-order valence-corrected chi connectivity index (χ0v) is 16.1. The summed E-state index contributed by atoms with van der Waals surface area (Å²) < 4.78 is 11.7. The van der Waals surface area contributed by atoms with Crippen molar-refractivity contribution in [1.29, 1.82) is 0 Å². The maximum Gasteiger partial charge on any atom is 0.327 e. The highest BCUT2D eigenvalue weighted by atomic mass is 32.2. The number of aromatic nitrogens is 2. The van der Waals surface area contributed by atoms with Crippen LogP contribution in [-0.4, -0.2) is 46.2 Å². The first kappa shape index (κ1) is 19.1. The lowest BCUT2D eigenvalue weighted by molar-refractivity contribution is -0.144. The average Bonchev–Trinajstić information content (AvgIpc) is 2.81. The summed E-state index contributed by atoms with van der Waals surface area (Å²) >= 11 is 1.45. The molecule has 27 heavy (non-hydrogen) atoms. The minimum Gasteiger partial charge on any atom is -0.504 e. The minimum absolute atomic E-state index is 0.0454. The summed E-state index contributed by atoms with van der Waals surface area (Å²) in [7, 11) is 1.48. The first-order chi connectivity index (χ1) is 12.9. The number of fused-ring (bicyclic) bond motifs is 1. The van der Waals surface area contributed by atoms with Crippen LogP contribution in [0.25, 0.3) is 0 Å². The number of phenols is 1. The van der Waals surface area contributed by atoms with E-state index in [-0.39, 0.29) is 35.8 Å². The molecule has 144 valence electrons. The van der Waals surface area contributed by atoms with Gasteiger partial charge in [-0.05, 0) is 31.5 Å². The van der Waals surface area contributed by atoms with Crippen LogP contribution in [0.2, 0.25) is 0 Å². The number of nitrogens with zero attached hydrogens (tertiary/aromatic N) is 2. The van der Waals surface area contributed by atoms with E-state index >= 15 is 0 Å². The van der Waals surface area contributed by atoms with Crippen LogP contribution >= 0.6 is 11.8 Å². The van der Waals surface area contributed by atoms with Crippen LogP contribution in [0.5, 0.6) is 11.5 Å². The number of esters is 1. The summed E-state index contributed by atoms with van der Waals surface area (Å²) in [6, 6.07) is 5.10. The number of amides is 1. The standard InChI is InChI=1S/C18H21N3O5S/c1-4-26-15(24)8-21-18-16(10(2)20-21)17(27-9-14(23)19-18)11-5-6-12(22)13(7-11)25-3/h5-7,17,22H,4,8-9H2,1-3H3,(H,19,23)/t17-/m0/s1. The first-order valence-corrected chi connectivity index (χ1v) is 9.50. The van der Waals surface area contributed by atoms with Crippen molar-refractivity contribution in [1.82, 2.24) is 9.78 Å². The van der Waals surface area contributed by atoms with Gasteiger partial charge in [-0.25, -0.2) is 4.68 Å². The van der Waals surface area contributed by atoms with Gasteiger partial charge in [0.2, 0.25) is 5.91 Å². The number of aryl methyl sites for hydroxylation is 1. The summed E-state index contributed by atoms with van der Waals surface area (Å²) in [5.74, 6) is 0.559. The topological polar surface area (TPSA) is 103 Å². The van der Waals surface area contributed by atoms with Gasteiger partial charge in [0.15, 0.2) is 11.5 Å². The molecule has 1 amide bonds. The van der Waals surface area contributed by atoms with Gasteiger partial charge in [0, 0.05) is 5.56 Å². The number of aromatic hydroxyl groups is 1. The van der Waals surface area contributed by atoms with E-state index in [4.69, 9.17) is 9.47 Å². The van der Waals surface area contributed by atoms with Gasteiger partial charge in [0.05, 0.1) is 30.4 Å². The number of nitrogens with one attached hydrogen (secondary N) is 1. The number of hydrogen-bond donors (Lipinski definition) is 2. The number of benzene rings is 1. The van der Waals surface area contributed by atoms with Gasteiger partial charge in [-0.2, -0.15) is 5.10 Å². The number of anilines is 1.